The summed E-state index contributed by atoms with van der Waals surface area (Å²) in [6.07, 6.45) is 0. The second kappa shape index (κ2) is 8.02. The summed E-state index contributed by atoms with van der Waals surface area (Å²) in [6.45, 7) is 5.14. The molecule has 2 aromatic rings. The molecular formula is C18H21BrN2O2. The van der Waals surface area contributed by atoms with E-state index in [-0.39, 0.29) is 6.03 Å². The molecular weight excluding hydrogens is 356 g/mol. The number of aryl methyl sites for hydroxylation is 1. The third-order valence-electron chi connectivity index (χ3n) is 3.37. The molecule has 5 heteroatoms. The number of urea groups is 1. The van der Waals surface area contributed by atoms with Crippen LogP contribution in [-0.4, -0.2) is 24.6 Å². The van der Waals surface area contributed by atoms with Crippen molar-refractivity contribution >= 4 is 27.6 Å². The fourth-order valence-electron chi connectivity index (χ4n) is 2.14. The average molecular weight is 377 g/mol. The minimum atomic E-state index is -0.150. The zero-order chi connectivity index (χ0) is 16.8. The summed E-state index contributed by atoms with van der Waals surface area (Å²) in [6, 6.07) is 13.5. The predicted molar refractivity (Wildman–Crippen MR) is 97.0 cm³/mol. The van der Waals surface area contributed by atoms with E-state index in [1.54, 1.807) is 11.9 Å². The lowest BCUT2D eigenvalue weighted by Crippen LogP contribution is -2.30. The van der Waals surface area contributed by atoms with Crippen LogP contribution >= 0.6 is 15.9 Å². The Bertz CT molecular complexity index is 671. The van der Waals surface area contributed by atoms with Gasteiger partial charge in [0.2, 0.25) is 0 Å². The van der Waals surface area contributed by atoms with E-state index in [4.69, 9.17) is 4.74 Å². The Morgan fingerprint density at radius 3 is 2.52 bits per heavy atom. The topological polar surface area (TPSA) is 41.6 Å². The van der Waals surface area contributed by atoms with Gasteiger partial charge in [0.1, 0.15) is 5.75 Å². The van der Waals surface area contributed by atoms with E-state index >= 15 is 0 Å². The molecule has 0 saturated carbocycles. The Hall–Kier alpha value is -2.01. The smallest absolute Gasteiger partial charge is 0.321 e. The lowest BCUT2D eigenvalue weighted by Gasteiger charge is -2.19. The van der Waals surface area contributed by atoms with E-state index in [1.165, 1.54) is 0 Å². The first-order chi connectivity index (χ1) is 11.0. The van der Waals surface area contributed by atoms with Gasteiger partial charge < -0.3 is 15.0 Å². The van der Waals surface area contributed by atoms with Gasteiger partial charge in [0.25, 0.3) is 0 Å². The van der Waals surface area contributed by atoms with Crippen LogP contribution in [0.5, 0.6) is 5.75 Å². The highest BCUT2D eigenvalue weighted by atomic mass is 79.9. The number of benzene rings is 2. The summed E-state index contributed by atoms with van der Waals surface area (Å²) in [7, 11) is 1.77. The molecule has 122 valence electrons. The summed E-state index contributed by atoms with van der Waals surface area (Å²) < 4.78 is 6.29. The quantitative estimate of drug-likeness (QED) is 0.812. The summed E-state index contributed by atoms with van der Waals surface area (Å²) in [5.41, 5.74) is 2.95. The third kappa shape index (κ3) is 4.99. The summed E-state index contributed by atoms with van der Waals surface area (Å²) in [5, 5.41) is 2.90. The van der Waals surface area contributed by atoms with Gasteiger partial charge in [-0.3, -0.25) is 0 Å². The zero-order valence-electron chi connectivity index (χ0n) is 13.6. The fraction of sp³-hybridized carbons (Fsp3) is 0.278. The molecule has 0 spiro atoms. The number of hydrogen-bond acceptors (Lipinski definition) is 2. The molecule has 2 amide bonds. The van der Waals surface area contributed by atoms with Crippen LogP contribution in [0.1, 0.15) is 18.1 Å². The Morgan fingerprint density at radius 1 is 1.22 bits per heavy atom. The van der Waals surface area contributed by atoms with Gasteiger partial charge in [0.15, 0.2) is 0 Å². The van der Waals surface area contributed by atoms with Crippen molar-refractivity contribution in [1.29, 1.82) is 0 Å². The maximum atomic E-state index is 12.3. The summed E-state index contributed by atoms with van der Waals surface area (Å²) in [5.74, 6) is 0.840. The summed E-state index contributed by atoms with van der Waals surface area (Å²) in [4.78, 5) is 13.9. The number of hydrogen-bond donors (Lipinski definition) is 1. The minimum Gasteiger partial charge on any atom is -0.494 e. The predicted octanol–water partition coefficient (Wildman–Crippen LogP) is 4.82. The van der Waals surface area contributed by atoms with Crippen LogP contribution in [0.3, 0.4) is 0 Å². The number of ether oxygens (including phenoxy) is 1. The molecule has 0 aliphatic rings. The van der Waals surface area contributed by atoms with E-state index in [2.05, 4.69) is 21.2 Å². The van der Waals surface area contributed by atoms with Gasteiger partial charge in [-0.2, -0.15) is 0 Å². The first kappa shape index (κ1) is 17.3. The Labute approximate surface area is 145 Å². The van der Waals surface area contributed by atoms with Crippen molar-refractivity contribution in [2.75, 3.05) is 19.0 Å². The molecule has 23 heavy (non-hydrogen) atoms. The van der Waals surface area contributed by atoms with Gasteiger partial charge in [-0.1, -0.05) is 18.2 Å². The number of carbonyl (C=O) groups excluding carboxylic acids is 1. The third-order valence-corrected chi connectivity index (χ3v) is 4.02. The van der Waals surface area contributed by atoms with Crippen LogP contribution in [0, 0.1) is 6.92 Å². The molecule has 0 heterocycles. The standard InChI is InChI=1S/C18H21BrN2O2/c1-4-23-15-8-6-14(7-9-15)12-21(3)18(22)20-17-10-5-13(2)11-16(17)19/h5-11H,4,12H2,1-3H3,(H,20,22). The number of anilines is 1. The number of nitrogens with zero attached hydrogens (tertiary/aromatic N) is 1. The van der Waals surface area contributed by atoms with Gasteiger partial charge in [-0.05, 0) is 65.2 Å². The zero-order valence-corrected chi connectivity index (χ0v) is 15.2. The summed E-state index contributed by atoms with van der Waals surface area (Å²) >= 11 is 3.47. The largest absolute Gasteiger partial charge is 0.494 e. The second-order valence-electron chi connectivity index (χ2n) is 5.35. The number of carbonyl (C=O) groups is 1. The van der Waals surface area contributed by atoms with E-state index in [1.807, 2.05) is 56.3 Å². The fourth-order valence-corrected chi connectivity index (χ4v) is 2.73. The molecule has 4 nitrogen and oxygen atoms in total. The maximum absolute atomic E-state index is 12.3. The van der Waals surface area contributed by atoms with Crippen molar-refractivity contribution in [3.63, 3.8) is 0 Å². The molecule has 0 atom stereocenters. The molecule has 0 aliphatic heterocycles. The van der Waals surface area contributed by atoms with Crippen LogP contribution < -0.4 is 10.1 Å². The Balaban J connectivity index is 1.96. The van der Waals surface area contributed by atoms with E-state index in [0.29, 0.717) is 13.2 Å². The minimum absolute atomic E-state index is 0.150. The van der Waals surface area contributed by atoms with Crippen LogP contribution in [0.4, 0.5) is 10.5 Å². The first-order valence-corrected chi connectivity index (χ1v) is 8.29. The van der Waals surface area contributed by atoms with E-state index < -0.39 is 0 Å². The normalized spacial score (nSPS) is 10.3. The van der Waals surface area contributed by atoms with Crippen molar-refractivity contribution in [2.24, 2.45) is 0 Å². The van der Waals surface area contributed by atoms with E-state index in [9.17, 15) is 4.79 Å². The van der Waals surface area contributed by atoms with Crippen molar-refractivity contribution in [2.45, 2.75) is 20.4 Å². The Morgan fingerprint density at radius 2 is 1.91 bits per heavy atom. The Kier molecular flexibility index (Phi) is 6.04. The van der Waals surface area contributed by atoms with Gasteiger partial charge in [0.05, 0.1) is 12.3 Å². The number of amides is 2. The van der Waals surface area contributed by atoms with Crippen LogP contribution in [0.2, 0.25) is 0 Å². The first-order valence-electron chi connectivity index (χ1n) is 7.49. The monoisotopic (exact) mass is 376 g/mol. The van der Waals surface area contributed by atoms with E-state index in [0.717, 1.165) is 27.0 Å². The van der Waals surface area contributed by atoms with Crippen molar-refractivity contribution in [3.8, 4) is 5.75 Å². The maximum Gasteiger partial charge on any atom is 0.321 e. The molecule has 0 radical (unpaired) electrons. The molecule has 1 N–H and O–H groups in total. The highest BCUT2D eigenvalue weighted by Crippen LogP contribution is 2.23. The molecule has 2 rings (SSSR count). The molecule has 0 saturated heterocycles. The van der Waals surface area contributed by atoms with Crippen molar-refractivity contribution in [1.82, 2.24) is 4.90 Å². The van der Waals surface area contributed by atoms with Crippen LogP contribution in [0.15, 0.2) is 46.9 Å². The molecule has 0 aromatic heterocycles. The van der Waals surface area contributed by atoms with Gasteiger partial charge >= 0.3 is 6.03 Å². The van der Waals surface area contributed by atoms with Gasteiger partial charge in [-0.15, -0.1) is 0 Å². The lowest BCUT2D eigenvalue weighted by atomic mass is 10.2. The van der Waals surface area contributed by atoms with Crippen molar-refractivity contribution in [3.05, 3.63) is 58.1 Å². The molecule has 0 unspecified atom stereocenters. The molecule has 0 aliphatic carbocycles. The van der Waals surface area contributed by atoms with Crippen LogP contribution in [0.25, 0.3) is 0 Å². The molecule has 0 bridgehead atoms. The number of nitrogens with one attached hydrogen (secondary N) is 1. The van der Waals surface area contributed by atoms with Gasteiger partial charge in [0, 0.05) is 18.1 Å². The van der Waals surface area contributed by atoms with Gasteiger partial charge in [-0.25, -0.2) is 4.79 Å². The number of rotatable bonds is 5. The average Bonchev–Trinajstić information content (AvgIpc) is 2.52. The van der Waals surface area contributed by atoms with Crippen molar-refractivity contribution < 1.29 is 9.53 Å². The SMILES string of the molecule is CCOc1ccc(CN(C)C(=O)Nc2ccc(C)cc2Br)cc1. The van der Waals surface area contributed by atoms with Crippen LogP contribution in [-0.2, 0) is 6.54 Å². The number of halogens is 1. The molecule has 2 aromatic carbocycles. The molecule has 0 fully saturated rings. The highest BCUT2D eigenvalue weighted by molar-refractivity contribution is 9.10. The lowest BCUT2D eigenvalue weighted by molar-refractivity contribution is 0.220. The second-order valence-corrected chi connectivity index (χ2v) is 6.20. The highest BCUT2D eigenvalue weighted by Gasteiger charge is 2.11.